The van der Waals surface area contributed by atoms with Crippen LogP contribution in [0.1, 0.15) is 120 Å². The summed E-state index contributed by atoms with van der Waals surface area (Å²) in [7, 11) is 0. The van der Waals surface area contributed by atoms with E-state index in [-0.39, 0.29) is 30.6 Å². The zero-order chi connectivity index (χ0) is 69.4. The lowest BCUT2D eigenvalue weighted by atomic mass is 9.33. The molecule has 7 saturated heterocycles. The highest BCUT2D eigenvalue weighted by Gasteiger charge is 2.73. The molecule has 9 aliphatic heterocycles. The zero-order valence-corrected chi connectivity index (χ0v) is 54.7. The van der Waals surface area contributed by atoms with E-state index >= 15 is 4.79 Å². The van der Waals surface area contributed by atoms with Gasteiger partial charge in [0.05, 0.1) is 69.3 Å². The van der Waals surface area contributed by atoms with Crippen molar-refractivity contribution >= 4 is 17.9 Å². The lowest BCUT2D eigenvalue weighted by molar-refractivity contribution is -0.384. The molecule has 31 nitrogen and oxygen atoms in total. The molecule has 95 heavy (non-hydrogen) atoms. The Kier molecular flexibility index (Phi) is 20.7. The number of esters is 3. The van der Waals surface area contributed by atoms with Gasteiger partial charge in [-0.3, -0.25) is 14.4 Å². The summed E-state index contributed by atoms with van der Waals surface area (Å²) in [5.74, 6) is -4.74. The fraction of sp³-hybridized carbons (Fsp3) is 0.922. The minimum Gasteiger partial charge on any atom is -0.463 e. The zero-order valence-electron chi connectivity index (χ0n) is 54.7. The van der Waals surface area contributed by atoms with Crippen LogP contribution in [0.25, 0.3) is 0 Å². The number of aliphatic hydroxyl groups excluding tert-OH is 15. The Labute approximate surface area is 549 Å². The summed E-state index contributed by atoms with van der Waals surface area (Å²) in [6.07, 6.45) is -44.3. The highest BCUT2D eigenvalue weighted by atomic mass is 16.8. The van der Waals surface area contributed by atoms with Gasteiger partial charge in [-0.25, -0.2) is 0 Å². The van der Waals surface area contributed by atoms with Gasteiger partial charge in [0.2, 0.25) is 6.29 Å². The van der Waals surface area contributed by atoms with Crippen LogP contribution in [0, 0.1) is 50.2 Å². The van der Waals surface area contributed by atoms with Crippen molar-refractivity contribution in [2.75, 3.05) is 33.0 Å². The van der Waals surface area contributed by atoms with E-state index in [0.717, 1.165) is 12.5 Å². The first-order chi connectivity index (χ1) is 44.4. The summed E-state index contributed by atoms with van der Waals surface area (Å²) in [4.78, 5) is 43.1. The molecule has 1 spiro atoms. The molecule has 9 heterocycles. The summed E-state index contributed by atoms with van der Waals surface area (Å²) in [5.41, 5.74) is -7.04. The van der Waals surface area contributed by atoms with Gasteiger partial charge in [0, 0.05) is 5.41 Å². The molecule has 14 rings (SSSR count). The molecule has 4 saturated carbocycles. The molecule has 16 N–H and O–H groups in total. The molecule has 35 atom stereocenters. The van der Waals surface area contributed by atoms with Gasteiger partial charge in [-0.2, -0.15) is 0 Å². The first kappa shape index (κ1) is 73.4. The van der Waals surface area contributed by atoms with Crippen molar-refractivity contribution in [3.63, 3.8) is 0 Å². The predicted molar refractivity (Wildman–Crippen MR) is 314 cm³/mol. The van der Waals surface area contributed by atoms with Gasteiger partial charge in [0.15, 0.2) is 37.4 Å². The number of rotatable bonds is 4. The Hall–Kier alpha value is -2.85. The van der Waals surface area contributed by atoms with Crippen molar-refractivity contribution in [2.24, 2.45) is 50.2 Å². The van der Waals surface area contributed by atoms with E-state index in [1.807, 2.05) is 0 Å². The monoisotopic (exact) mass is 1360 g/mol. The molecule has 12 bridgehead atoms. The molecule has 542 valence electrons. The van der Waals surface area contributed by atoms with Crippen molar-refractivity contribution in [2.45, 2.75) is 285 Å². The summed E-state index contributed by atoms with van der Waals surface area (Å²) in [6, 6.07) is 0. The van der Waals surface area contributed by atoms with E-state index < -0.39 is 268 Å². The van der Waals surface area contributed by atoms with E-state index in [0.29, 0.717) is 32.1 Å². The number of aliphatic hydroxyl groups is 16. The van der Waals surface area contributed by atoms with Crippen LogP contribution in [-0.2, 0) is 71.2 Å². The SMILES string of the molecule is C[C@@H]1O[C@H]2O[C@H]3[C@@H](OC[C@H](O)[C@@H]3O)OC(=O)[C@]34CCC(C)(C)C[C@H]3C3=CC[C@@H]5[C@@]6(C)C[C@H](O)[C@H](O[C@@H]7O[C@H](CO)[C@@H](O)[C@H](O)[C@H]7O[C@@H]7O[C@H](COC(=O)C[C@@](C)(O)CC(=O)O[C@@H]1[C@@H](O[C@@H]1OC[C@@H](O)[C@H](O)[C@H]1O)[C@H]2O)[C@@H](O)[C@H](O)[C@H]7O)[C@@](C)(CO)[C@@H]6CC[C@@]5(C)[C@]3(C)C[C@H]4O. The normalized spacial score (nSPS) is 54.8. The second kappa shape index (κ2) is 26.8. The average molecular weight is 1370 g/mol. The van der Waals surface area contributed by atoms with Crippen LogP contribution in [0.15, 0.2) is 11.6 Å². The first-order valence-electron chi connectivity index (χ1n) is 33.3. The molecule has 0 aromatic rings. The van der Waals surface area contributed by atoms with Crippen LogP contribution in [0.4, 0.5) is 0 Å². The molecule has 0 radical (unpaired) electrons. The lowest BCUT2D eigenvalue weighted by Gasteiger charge is -2.72. The number of ether oxygens (including phenoxy) is 12. The van der Waals surface area contributed by atoms with Crippen molar-refractivity contribution in [3.05, 3.63) is 11.6 Å². The first-order valence-corrected chi connectivity index (χ1v) is 33.3. The average Bonchev–Trinajstić information content (AvgIpc) is 0.670. The Balaban J connectivity index is 0.966. The number of carbonyl (C=O) groups excluding carboxylic acids is 3. The van der Waals surface area contributed by atoms with Crippen LogP contribution in [-0.4, -0.2) is 298 Å². The summed E-state index contributed by atoms with van der Waals surface area (Å²) in [6.45, 7) is 11.1. The molecule has 0 aromatic heterocycles. The van der Waals surface area contributed by atoms with E-state index in [1.54, 1.807) is 6.92 Å². The smallest absolute Gasteiger partial charge is 0.317 e. The minimum atomic E-state index is -2.32. The maximum Gasteiger partial charge on any atom is 0.317 e. The van der Waals surface area contributed by atoms with Crippen LogP contribution in [0.3, 0.4) is 0 Å². The highest BCUT2D eigenvalue weighted by molar-refractivity contribution is 5.80. The van der Waals surface area contributed by atoms with Crippen LogP contribution in [0.5, 0.6) is 0 Å². The van der Waals surface area contributed by atoms with Crippen molar-refractivity contribution < 1.29 is 153 Å². The van der Waals surface area contributed by atoms with E-state index in [2.05, 4.69) is 40.7 Å². The summed E-state index contributed by atoms with van der Waals surface area (Å²) in [5, 5.41) is 183. The van der Waals surface area contributed by atoms with Crippen molar-refractivity contribution in [1.29, 1.82) is 0 Å². The lowest BCUT2D eigenvalue weighted by Crippen LogP contribution is -2.71. The predicted octanol–water partition coefficient (Wildman–Crippen LogP) is -4.34. The van der Waals surface area contributed by atoms with E-state index in [4.69, 9.17) is 56.8 Å². The molecule has 0 unspecified atom stereocenters. The van der Waals surface area contributed by atoms with Crippen LogP contribution >= 0.6 is 0 Å². The Bertz CT molecular complexity index is 2790. The Morgan fingerprint density at radius 3 is 1.91 bits per heavy atom. The van der Waals surface area contributed by atoms with Gasteiger partial charge in [0.25, 0.3) is 0 Å². The molecule has 31 heteroatoms. The fourth-order valence-corrected chi connectivity index (χ4v) is 18.8. The molecule has 0 amide bonds. The summed E-state index contributed by atoms with van der Waals surface area (Å²) < 4.78 is 72.1. The van der Waals surface area contributed by atoms with Gasteiger partial charge in [-0.05, 0) is 105 Å². The maximum atomic E-state index is 15.7. The quantitative estimate of drug-likeness (QED) is 0.0547. The number of hydrogen-bond donors (Lipinski definition) is 16. The largest absolute Gasteiger partial charge is 0.463 e. The van der Waals surface area contributed by atoms with E-state index in [1.165, 1.54) is 6.92 Å². The number of carbonyl (C=O) groups is 3. The number of allylic oxidation sites excluding steroid dienone is 2. The van der Waals surface area contributed by atoms with Crippen molar-refractivity contribution in [3.8, 4) is 0 Å². The molecular formula is C64H100O31. The number of hydrogen-bond acceptors (Lipinski definition) is 31. The second-order valence-corrected chi connectivity index (χ2v) is 31.1. The minimum absolute atomic E-state index is 0.0545. The van der Waals surface area contributed by atoms with Gasteiger partial charge < -0.3 is 139 Å². The van der Waals surface area contributed by atoms with Gasteiger partial charge >= 0.3 is 17.9 Å². The maximum absolute atomic E-state index is 15.7. The van der Waals surface area contributed by atoms with Crippen molar-refractivity contribution in [1.82, 2.24) is 0 Å². The third-order valence-corrected chi connectivity index (χ3v) is 24.3. The van der Waals surface area contributed by atoms with Gasteiger partial charge in [-0.15, -0.1) is 0 Å². The third-order valence-electron chi connectivity index (χ3n) is 24.3. The topological polar surface area (TPSA) is 486 Å². The Morgan fingerprint density at radius 1 is 0.568 bits per heavy atom. The van der Waals surface area contributed by atoms with E-state index in [9.17, 15) is 91.3 Å². The van der Waals surface area contributed by atoms with Crippen LogP contribution < -0.4 is 0 Å². The molecular weight excluding hydrogens is 1260 g/mol. The van der Waals surface area contributed by atoms with Gasteiger partial charge in [-0.1, -0.05) is 53.2 Å². The Morgan fingerprint density at radius 2 is 1.22 bits per heavy atom. The highest BCUT2D eigenvalue weighted by Crippen LogP contribution is 2.76. The molecule has 11 fully saturated rings. The molecule has 14 aliphatic rings. The second-order valence-electron chi connectivity index (χ2n) is 31.1. The van der Waals surface area contributed by atoms with Crippen LogP contribution in [0.2, 0.25) is 0 Å². The third kappa shape index (κ3) is 12.7. The van der Waals surface area contributed by atoms with Gasteiger partial charge in [0.1, 0.15) is 104 Å². The molecule has 0 aromatic carbocycles. The fourth-order valence-electron chi connectivity index (χ4n) is 18.8. The molecule has 5 aliphatic carbocycles. The summed E-state index contributed by atoms with van der Waals surface area (Å²) >= 11 is 0. The standard InChI is InChI=1S/C64H100O31/c1-25-47-48(91-52-44(79)38(73)29(68)21-85-52)46(81)54(87-25)92-49-39(74)30(69)22-86-55(49)95-57(82)64-14-13-58(2,3)15-27(64)26-9-10-34-60(5)16-28(67)51(61(6,24-66)33(60)11-12-62(34,7)63(26,8)17-35(64)70)94-56-50(43(78)40(75)31(20-65)88-56)93-53-45(80)42(77)41(76)32(89-53)23-84-36(71)18-59(4,83)19-37(72)90-47/h9,25,27-35,38-56,65-70,73-81,83H,10-24H2,1-8H3/t25-,27-,28-,29+,30-,31+,32+,33+,34+,35+,38-,39-,40+,41+,42-,43-,44+,45+,46+,47-,48-,49+,50+,51-,52-,53-,54-,55-,56-,59+,60-,61-,62+,63+,64+/m0/s1.